The fourth-order valence-electron chi connectivity index (χ4n) is 1.29. The third-order valence-corrected chi connectivity index (χ3v) is 2.21. The molecule has 2 N–H and O–H groups in total. The predicted octanol–water partition coefficient (Wildman–Crippen LogP) is 1.96. The molecule has 0 aliphatic rings. The van der Waals surface area contributed by atoms with Crippen molar-refractivity contribution in [1.82, 2.24) is 0 Å². The van der Waals surface area contributed by atoms with E-state index >= 15 is 0 Å². The maximum atomic E-state index is 11.3. The van der Waals surface area contributed by atoms with Crippen LogP contribution in [0.1, 0.15) is 25.3 Å². The smallest absolute Gasteiger partial charge is 0.224 e. The van der Waals surface area contributed by atoms with Gasteiger partial charge in [-0.15, -0.1) is 0 Å². The topological polar surface area (TPSA) is 49.3 Å². The van der Waals surface area contributed by atoms with Gasteiger partial charge in [0.15, 0.2) is 0 Å². The molecular weight excluding hydrogens is 190 g/mol. The Kier molecular flexibility index (Phi) is 4.84. The van der Waals surface area contributed by atoms with Crippen LogP contribution >= 0.6 is 0 Å². The highest BCUT2D eigenvalue weighted by Gasteiger charge is 2.01. The van der Waals surface area contributed by atoms with Crippen LogP contribution in [0.5, 0.6) is 0 Å². The molecule has 15 heavy (non-hydrogen) atoms. The Morgan fingerprint density at radius 1 is 1.33 bits per heavy atom. The molecule has 82 valence electrons. The van der Waals surface area contributed by atoms with Crippen molar-refractivity contribution in [2.24, 2.45) is 0 Å². The van der Waals surface area contributed by atoms with E-state index in [9.17, 15) is 4.79 Å². The van der Waals surface area contributed by atoms with E-state index in [4.69, 9.17) is 5.11 Å². The predicted molar refractivity (Wildman–Crippen MR) is 60.8 cm³/mol. The highest BCUT2D eigenvalue weighted by Crippen LogP contribution is 2.10. The first-order valence-corrected chi connectivity index (χ1v) is 5.26. The van der Waals surface area contributed by atoms with Crippen molar-refractivity contribution in [1.29, 1.82) is 0 Å². The molecule has 0 aromatic heterocycles. The Morgan fingerprint density at radius 2 is 2.00 bits per heavy atom. The van der Waals surface area contributed by atoms with Gasteiger partial charge in [-0.1, -0.05) is 19.1 Å². The van der Waals surface area contributed by atoms with Gasteiger partial charge < -0.3 is 10.4 Å². The highest BCUT2D eigenvalue weighted by atomic mass is 16.3. The summed E-state index contributed by atoms with van der Waals surface area (Å²) in [7, 11) is 0. The lowest BCUT2D eigenvalue weighted by Gasteiger charge is -2.05. The zero-order valence-corrected chi connectivity index (χ0v) is 8.99. The zero-order valence-electron chi connectivity index (χ0n) is 8.99. The SMILES string of the molecule is CCc1ccc(NC(=O)CCCO)cc1. The van der Waals surface area contributed by atoms with Crippen molar-refractivity contribution in [2.75, 3.05) is 11.9 Å². The number of nitrogens with one attached hydrogen (secondary N) is 1. The van der Waals surface area contributed by atoms with E-state index in [1.54, 1.807) is 0 Å². The summed E-state index contributed by atoms with van der Waals surface area (Å²) >= 11 is 0. The number of anilines is 1. The van der Waals surface area contributed by atoms with Crippen LogP contribution in [0.2, 0.25) is 0 Å². The number of benzene rings is 1. The van der Waals surface area contributed by atoms with Crippen molar-refractivity contribution in [3.05, 3.63) is 29.8 Å². The molecule has 1 aromatic carbocycles. The van der Waals surface area contributed by atoms with E-state index in [1.807, 2.05) is 24.3 Å². The summed E-state index contributed by atoms with van der Waals surface area (Å²) in [6, 6.07) is 7.80. The Balaban J connectivity index is 2.46. The summed E-state index contributed by atoms with van der Waals surface area (Å²) < 4.78 is 0. The fraction of sp³-hybridized carbons (Fsp3) is 0.417. The number of rotatable bonds is 5. The second kappa shape index (κ2) is 6.19. The fourth-order valence-corrected chi connectivity index (χ4v) is 1.29. The molecule has 1 amide bonds. The second-order valence-corrected chi connectivity index (χ2v) is 3.43. The molecule has 0 aliphatic heterocycles. The van der Waals surface area contributed by atoms with Gasteiger partial charge in [0.1, 0.15) is 0 Å². The summed E-state index contributed by atoms with van der Waals surface area (Å²) in [4.78, 5) is 11.3. The minimum atomic E-state index is -0.0479. The van der Waals surface area contributed by atoms with Crippen LogP contribution in [0.25, 0.3) is 0 Å². The van der Waals surface area contributed by atoms with Crippen LogP contribution in [0, 0.1) is 0 Å². The Labute approximate surface area is 90.1 Å². The van der Waals surface area contributed by atoms with Crippen molar-refractivity contribution in [3.63, 3.8) is 0 Å². The number of carbonyl (C=O) groups is 1. The van der Waals surface area contributed by atoms with Crippen molar-refractivity contribution in [2.45, 2.75) is 26.2 Å². The van der Waals surface area contributed by atoms with E-state index < -0.39 is 0 Å². The normalized spacial score (nSPS) is 10.0. The minimum absolute atomic E-state index is 0.0479. The number of aliphatic hydroxyl groups excluding tert-OH is 1. The van der Waals surface area contributed by atoms with Gasteiger partial charge in [0.05, 0.1) is 0 Å². The second-order valence-electron chi connectivity index (χ2n) is 3.43. The molecule has 0 saturated heterocycles. The number of hydrogen-bond donors (Lipinski definition) is 2. The molecule has 0 bridgehead atoms. The molecule has 0 atom stereocenters. The van der Waals surface area contributed by atoms with Gasteiger partial charge in [0, 0.05) is 18.7 Å². The molecule has 0 unspecified atom stereocenters. The molecular formula is C12H17NO2. The van der Waals surface area contributed by atoms with E-state index in [0.29, 0.717) is 12.8 Å². The average Bonchev–Trinajstić information content (AvgIpc) is 2.27. The maximum absolute atomic E-state index is 11.3. The van der Waals surface area contributed by atoms with Gasteiger partial charge in [0.2, 0.25) is 5.91 Å². The zero-order chi connectivity index (χ0) is 11.1. The number of hydrogen-bond acceptors (Lipinski definition) is 2. The Hall–Kier alpha value is -1.35. The van der Waals surface area contributed by atoms with Gasteiger partial charge in [-0.25, -0.2) is 0 Å². The Morgan fingerprint density at radius 3 is 2.53 bits per heavy atom. The quantitative estimate of drug-likeness (QED) is 0.775. The van der Waals surface area contributed by atoms with Crippen LogP contribution in [0.3, 0.4) is 0 Å². The van der Waals surface area contributed by atoms with Crippen LogP contribution < -0.4 is 5.32 Å². The van der Waals surface area contributed by atoms with Gasteiger partial charge in [-0.05, 0) is 30.5 Å². The highest BCUT2D eigenvalue weighted by molar-refractivity contribution is 5.90. The first kappa shape index (κ1) is 11.7. The number of amides is 1. The van der Waals surface area contributed by atoms with E-state index in [-0.39, 0.29) is 12.5 Å². The Bertz CT molecular complexity index is 306. The van der Waals surface area contributed by atoms with E-state index in [2.05, 4.69) is 12.2 Å². The van der Waals surface area contributed by atoms with Crippen molar-refractivity contribution in [3.8, 4) is 0 Å². The summed E-state index contributed by atoms with van der Waals surface area (Å²) in [6.45, 7) is 2.15. The molecule has 0 spiro atoms. The lowest BCUT2D eigenvalue weighted by Crippen LogP contribution is -2.11. The van der Waals surface area contributed by atoms with Crippen LogP contribution in [0.15, 0.2) is 24.3 Å². The number of aliphatic hydroxyl groups is 1. The van der Waals surface area contributed by atoms with Crippen LogP contribution in [-0.4, -0.2) is 17.6 Å². The third-order valence-electron chi connectivity index (χ3n) is 2.21. The first-order chi connectivity index (χ1) is 7.26. The molecule has 0 fully saturated rings. The van der Waals surface area contributed by atoms with Gasteiger partial charge in [-0.2, -0.15) is 0 Å². The van der Waals surface area contributed by atoms with Crippen LogP contribution in [-0.2, 0) is 11.2 Å². The minimum Gasteiger partial charge on any atom is -0.396 e. The molecule has 0 saturated carbocycles. The number of aryl methyl sites for hydroxylation is 1. The largest absolute Gasteiger partial charge is 0.396 e. The molecule has 0 radical (unpaired) electrons. The lowest BCUT2D eigenvalue weighted by molar-refractivity contribution is -0.116. The van der Waals surface area contributed by atoms with Crippen molar-refractivity contribution >= 4 is 11.6 Å². The van der Waals surface area contributed by atoms with E-state index in [0.717, 1.165) is 12.1 Å². The van der Waals surface area contributed by atoms with Gasteiger partial charge in [0.25, 0.3) is 0 Å². The first-order valence-electron chi connectivity index (χ1n) is 5.26. The molecule has 3 nitrogen and oxygen atoms in total. The van der Waals surface area contributed by atoms with Gasteiger partial charge >= 0.3 is 0 Å². The standard InChI is InChI=1S/C12H17NO2/c1-2-10-5-7-11(8-6-10)13-12(15)4-3-9-14/h5-8,14H,2-4,9H2,1H3,(H,13,15). The molecule has 1 aromatic rings. The summed E-state index contributed by atoms with van der Waals surface area (Å²) in [5.74, 6) is -0.0479. The van der Waals surface area contributed by atoms with E-state index in [1.165, 1.54) is 5.56 Å². The monoisotopic (exact) mass is 207 g/mol. The maximum Gasteiger partial charge on any atom is 0.224 e. The van der Waals surface area contributed by atoms with Crippen molar-refractivity contribution < 1.29 is 9.90 Å². The third kappa shape index (κ3) is 4.13. The molecule has 3 heteroatoms. The summed E-state index contributed by atoms with van der Waals surface area (Å²) in [5.41, 5.74) is 2.07. The molecule has 1 rings (SSSR count). The molecule has 0 aliphatic carbocycles. The lowest BCUT2D eigenvalue weighted by atomic mass is 10.1. The average molecular weight is 207 g/mol. The number of carbonyl (C=O) groups excluding carboxylic acids is 1. The molecule has 0 heterocycles. The summed E-state index contributed by atoms with van der Waals surface area (Å²) in [6.07, 6.45) is 1.88. The van der Waals surface area contributed by atoms with Crippen LogP contribution in [0.4, 0.5) is 5.69 Å². The summed E-state index contributed by atoms with van der Waals surface area (Å²) in [5, 5.41) is 11.3. The van der Waals surface area contributed by atoms with Gasteiger partial charge in [-0.3, -0.25) is 4.79 Å².